The third kappa shape index (κ3) is 4.48. The van der Waals surface area contributed by atoms with E-state index < -0.39 is 0 Å². The van der Waals surface area contributed by atoms with Crippen LogP contribution in [-0.4, -0.2) is 42.1 Å². The van der Waals surface area contributed by atoms with Crippen molar-refractivity contribution in [1.82, 2.24) is 15.5 Å². The molecule has 1 aliphatic carbocycles. The molecule has 2 rings (SSSR count). The topological polar surface area (TPSA) is 44.4 Å². The SMILES string of the molecule is CC(C)(C)NC(=O)N1CCC(NCC2CC2)CC1. The molecular weight excluding hydrogens is 226 g/mol. The Hall–Kier alpha value is -0.770. The number of rotatable bonds is 3. The summed E-state index contributed by atoms with van der Waals surface area (Å²) in [5.41, 5.74) is -0.141. The Bertz CT molecular complexity index is 286. The van der Waals surface area contributed by atoms with Crippen molar-refractivity contribution >= 4 is 6.03 Å². The largest absolute Gasteiger partial charge is 0.333 e. The number of hydrogen-bond donors (Lipinski definition) is 2. The van der Waals surface area contributed by atoms with E-state index in [1.807, 2.05) is 25.7 Å². The van der Waals surface area contributed by atoms with Crippen LogP contribution in [-0.2, 0) is 0 Å². The molecular formula is C14H27N3O. The second kappa shape index (κ2) is 5.47. The van der Waals surface area contributed by atoms with Gasteiger partial charge in [-0.1, -0.05) is 0 Å². The number of amides is 2. The molecule has 1 aliphatic heterocycles. The molecule has 2 amide bonds. The lowest BCUT2D eigenvalue weighted by Crippen LogP contribution is -2.52. The number of nitrogens with one attached hydrogen (secondary N) is 2. The molecule has 1 heterocycles. The summed E-state index contributed by atoms with van der Waals surface area (Å²) >= 11 is 0. The van der Waals surface area contributed by atoms with E-state index in [0.717, 1.165) is 31.8 Å². The third-order valence-corrected chi connectivity index (χ3v) is 3.66. The number of hydrogen-bond acceptors (Lipinski definition) is 2. The summed E-state index contributed by atoms with van der Waals surface area (Å²) in [6, 6.07) is 0.701. The van der Waals surface area contributed by atoms with Gasteiger partial charge in [0.15, 0.2) is 0 Å². The summed E-state index contributed by atoms with van der Waals surface area (Å²) in [7, 11) is 0. The van der Waals surface area contributed by atoms with E-state index in [1.165, 1.54) is 19.4 Å². The molecule has 0 radical (unpaired) electrons. The first kappa shape index (κ1) is 13.7. The van der Waals surface area contributed by atoms with Gasteiger partial charge in [-0.15, -0.1) is 0 Å². The first-order valence-electron chi connectivity index (χ1n) is 7.24. The molecule has 1 saturated carbocycles. The molecule has 0 aromatic carbocycles. The average Bonchev–Trinajstić information content (AvgIpc) is 3.08. The summed E-state index contributed by atoms with van der Waals surface area (Å²) in [6.45, 7) is 9.01. The van der Waals surface area contributed by atoms with Crippen LogP contribution in [0.5, 0.6) is 0 Å². The highest BCUT2D eigenvalue weighted by atomic mass is 16.2. The van der Waals surface area contributed by atoms with Crippen LogP contribution in [0.15, 0.2) is 0 Å². The van der Waals surface area contributed by atoms with E-state index in [9.17, 15) is 4.79 Å². The summed E-state index contributed by atoms with van der Waals surface area (Å²) in [6.07, 6.45) is 4.98. The van der Waals surface area contributed by atoms with E-state index in [-0.39, 0.29) is 11.6 Å². The van der Waals surface area contributed by atoms with Crippen LogP contribution in [0.4, 0.5) is 4.79 Å². The van der Waals surface area contributed by atoms with Crippen molar-refractivity contribution in [2.24, 2.45) is 5.92 Å². The Morgan fingerprint density at radius 3 is 2.28 bits per heavy atom. The van der Waals surface area contributed by atoms with E-state index in [1.54, 1.807) is 0 Å². The highest BCUT2D eigenvalue weighted by molar-refractivity contribution is 5.75. The Morgan fingerprint density at radius 2 is 1.78 bits per heavy atom. The Balaban J connectivity index is 1.67. The van der Waals surface area contributed by atoms with Gasteiger partial charge < -0.3 is 15.5 Å². The van der Waals surface area contributed by atoms with Crippen molar-refractivity contribution in [3.63, 3.8) is 0 Å². The molecule has 0 spiro atoms. The van der Waals surface area contributed by atoms with Crippen molar-refractivity contribution in [2.45, 2.75) is 58.0 Å². The number of piperidine rings is 1. The van der Waals surface area contributed by atoms with Crippen LogP contribution in [0.2, 0.25) is 0 Å². The Labute approximate surface area is 110 Å². The van der Waals surface area contributed by atoms with Crippen LogP contribution < -0.4 is 10.6 Å². The second-order valence-electron chi connectivity index (χ2n) is 6.79. The number of carbonyl (C=O) groups excluding carboxylic acids is 1. The molecule has 0 aromatic rings. The lowest BCUT2D eigenvalue weighted by molar-refractivity contribution is 0.168. The average molecular weight is 253 g/mol. The summed E-state index contributed by atoms with van der Waals surface area (Å²) in [4.78, 5) is 13.9. The lowest BCUT2D eigenvalue weighted by Gasteiger charge is -2.34. The molecule has 0 bridgehead atoms. The number of nitrogens with zero attached hydrogens (tertiary/aromatic N) is 1. The van der Waals surface area contributed by atoms with Gasteiger partial charge in [-0.3, -0.25) is 0 Å². The smallest absolute Gasteiger partial charge is 0.317 e. The predicted molar refractivity (Wildman–Crippen MR) is 73.6 cm³/mol. The summed E-state index contributed by atoms with van der Waals surface area (Å²) in [5, 5.41) is 6.66. The monoisotopic (exact) mass is 253 g/mol. The molecule has 2 N–H and O–H groups in total. The molecule has 4 nitrogen and oxygen atoms in total. The number of carbonyl (C=O) groups is 1. The zero-order valence-electron chi connectivity index (χ0n) is 12.0. The predicted octanol–water partition coefficient (Wildman–Crippen LogP) is 1.96. The van der Waals surface area contributed by atoms with Crippen LogP contribution in [0.25, 0.3) is 0 Å². The van der Waals surface area contributed by atoms with Crippen molar-refractivity contribution in [2.75, 3.05) is 19.6 Å². The Kier molecular flexibility index (Phi) is 4.15. The maximum Gasteiger partial charge on any atom is 0.317 e. The maximum atomic E-state index is 12.0. The fraction of sp³-hybridized carbons (Fsp3) is 0.929. The first-order valence-corrected chi connectivity index (χ1v) is 7.24. The minimum Gasteiger partial charge on any atom is -0.333 e. The van der Waals surface area contributed by atoms with E-state index >= 15 is 0 Å². The Morgan fingerprint density at radius 1 is 1.17 bits per heavy atom. The second-order valence-corrected chi connectivity index (χ2v) is 6.79. The van der Waals surface area contributed by atoms with Gasteiger partial charge in [0.05, 0.1) is 0 Å². The standard InChI is InChI=1S/C14H27N3O/c1-14(2,3)16-13(18)17-8-6-12(7-9-17)15-10-11-4-5-11/h11-12,15H,4-10H2,1-3H3,(H,16,18). The normalized spacial score (nSPS) is 22.1. The van der Waals surface area contributed by atoms with Gasteiger partial charge in [0.2, 0.25) is 0 Å². The van der Waals surface area contributed by atoms with Crippen molar-refractivity contribution in [1.29, 1.82) is 0 Å². The highest BCUT2D eigenvalue weighted by Crippen LogP contribution is 2.28. The zero-order valence-corrected chi connectivity index (χ0v) is 12.0. The van der Waals surface area contributed by atoms with Crippen LogP contribution in [0, 0.1) is 5.92 Å². The van der Waals surface area contributed by atoms with Gasteiger partial charge in [-0.05, 0) is 58.9 Å². The van der Waals surface area contributed by atoms with Gasteiger partial charge in [-0.25, -0.2) is 4.79 Å². The molecule has 0 aromatic heterocycles. The number of urea groups is 1. The van der Waals surface area contributed by atoms with Gasteiger partial charge in [-0.2, -0.15) is 0 Å². The van der Waals surface area contributed by atoms with Gasteiger partial charge in [0, 0.05) is 24.7 Å². The van der Waals surface area contributed by atoms with Gasteiger partial charge in [0.25, 0.3) is 0 Å². The molecule has 0 unspecified atom stereocenters. The molecule has 18 heavy (non-hydrogen) atoms. The molecule has 1 saturated heterocycles. The molecule has 2 fully saturated rings. The quantitative estimate of drug-likeness (QED) is 0.807. The lowest BCUT2D eigenvalue weighted by atomic mass is 10.0. The van der Waals surface area contributed by atoms with Crippen LogP contribution in [0.1, 0.15) is 46.5 Å². The molecule has 104 valence electrons. The fourth-order valence-electron chi connectivity index (χ4n) is 2.34. The van der Waals surface area contributed by atoms with E-state index in [4.69, 9.17) is 0 Å². The van der Waals surface area contributed by atoms with E-state index in [2.05, 4.69) is 10.6 Å². The molecule has 2 aliphatic rings. The van der Waals surface area contributed by atoms with Gasteiger partial charge >= 0.3 is 6.03 Å². The third-order valence-electron chi connectivity index (χ3n) is 3.66. The first-order chi connectivity index (χ1) is 8.44. The van der Waals surface area contributed by atoms with Crippen molar-refractivity contribution in [3.05, 3.63) is 0 Å². The fourth-order valence-corrected chi connectivity index (χ4v) is 2.34. The summed E-state index contributed by atoms with van der Waals surface area (Å²) in [5.74, 6) is 0.937. The van der Waals surface area contributed by atoms with E-state index in [0.29, 0.717) is 6.04 Å². The summed E-state index contributed by atoms with van der Waals surface area (Å²) < 4.78 is 0. The number of likely N-dealkylation sites (tertiary alicyclic amines) is 1. The van der Waals surface area contributed by atoms with Crippen LogP contribution in [0.3, 0.4) is 0 Å². The van der Waals surface area contributed by atoms with Crippen molar-refractivity contribution in [3.8, 4) is 0 Å². The molecule has 4 heteroatoms. The highest BCUT2D eigenvalue weighted by Gasteiger charge is 2.27. The minimum absolute atomic E-state index is 0.0862. The van der Waals surface area contributed by atoms with Gasteiger partial charge in [0.1, 0.15) is 0 Å². The maximum absolute atomic E-state index is 12.0. The minimum atomic E-state index is -0.141. The van der Waals surface area contributed by atoms with Crippen LogP contribution >= 0.6 is 0 Å². The van der Waals surface area contributed by atoms with Crippen molar-refractivity contribution < 1.29 is 4.79 Å². The zero-order chi connectivity index (χ0) is 13.2. The molecule has 0 atom stereocenters.